The first kappa shape index (κ1) is 15.9. The highest BCUT2D eigenvalue weighted by atomic mass is 16.7. The SMILES string of the molecule is CCC1(CC)OC(OC(C)=O)[C@H](OC(C)=O)[C@@H]1OC. The van der Waals surface area contributed by atoms with Gasteiger partial charge in [0.2, 0.25) is 6.29 Å². The molecule has 0 saturated carbocycles. The Hall–Kier alpha value is -1.14. The summed E-state index contributed by atoms with van der Waals surface area (Å²) in [5.74, 6) is -0.948. The fourth-order valence-corrected chi connectivity index (χ4v) is 2.54. The number of esters is 2. The van der Waals surface area contributed by atoms with E-state index in [9.17, 15) is 9.59 Å². The molecule has 1 heterocycles. The van der Waals surface area contributed by atoms with Gasteiger partial charge in [0, 0.05) is 21.0 Å². The van der Waals surface area contributed by atoms with Crippen LogP contribution in [0.2, 0.25) is 0 Å². The summed E-state index contributed by atoms with van der Waals surface area (Å²) in [7, 11) is 1.53. The third-order valence-electron chi connectivity index (χ3n) is 3.47. The molecule has 1 aliphatic heterocycles. The van der Waals surface area contributed by atoms with Crippen molar-refractivity contribution in [2.45, 2.75) is 64.6 Å². The van der Waals surface area contributed by atoms with Gasteiger partial charge in [-0.25, -0.2) is 0 Å². The van der Waals surface area contributed by atoms with Crippen molar-refractivity contribution in [2.24, 2.45) is 0 Å². The molecule has 0 N–H and O–H groups in total. The van der Waals surface area contributed by atoms with Crippen molar-refractivity contribution in [3.05, 3.63) is 0 Å². The minimum absolute atomic E-state index is 0.462. The van der Waals surface area contributed by atoms with Gasteiger partial charge in [-0.15, -0.1) is 0 Å². The molecule has 6 nitrogen and oxygen atoms in total. The van der Waals surface area contributed by atoms with E-state index in [1.165, 1.54) is 21.0 Å². The van der Waals surface area contributed by atoms with Gasteiger partial charge >= 0.3 is 11.9 Å². The van der Waals surface area contributed by atoms with Gasteiger partial charge in [-0.2, -0.15) is 0 Å². The fraction of sp³-hybridized carbons (Fsp3) is 0.846. The molecule has 19 heavy (non-hydrogen) atoms. The highest BCUT2D eigenvalue weighted by Crippen LogP contribution is 2.40. The zero-order chi connectivity index (χ0) is 14.6. The minimum Gasteiger partial charge on any atom is -0.453 e. The summed E-state index contributed by atoms with van der Waals surface area (Å²) in [6.45, 7) is 6.50. The first-order valence-corrected chi connectivity index (χ1v) is 6.45. The van der Waals surface area contributed by atoms with Crippen LogP contribution in [0.25, 0.3) is 0 Å². The molecule has 1 aliphatic rings. The van der Waals surface area contributed by atoms with Crippen molar-refractivity contribution in [3.8, 4) is 0 Å². The predicted molar refractivity (Wildman–Crippen MR) is 66.3 cm³/mol. The van der Waals surface area contributed by atoms with Crippen molar-refractivity contribution < 1.29 is 28.5 Å². The monoisotopic (exact) mass is 274 g/mol. The summed E-state index contributed by atoms with van der Waals surface area (Å²) in [5.41, 5.74) is -0.616. The standard InChI is InChI=1S/C13H22O6/c1-6-13(7-2)11(16-5)10(17-8(3)14)12(19-13)18-9(4)15/h10-12H,6-7H2,1-5H3/t10-,11+,12?/m1/s1. The molecule has 0 radical (unpaired) electrons. The maximum Gasteiger partial charge on any atom is 0.305 e. The van der Waals surface area contributed by atoms with Crippen LogP contribution in [0.15, 0.2) is 0 Å². The van der Waals surface area contributed by atoms with E-state index in [1.54, 1.807) is 0 Å². The van der Waals surface area contributed by atoms with E-state index in [2.05, 4.69) is 0 Å². The molecule has 6 heteroatoms. The summed E-state index contributed by atoms with van der Waals surface area (Å²) in [6, 6.07) is 0. The molecule has 0 amide bonds. The number of carbonyl (C=O) groups is 2. The van der Waals surface area contributed by atoms with Crippen LogP contribution in [-0.4, -0.2) is 43.1 Å². The molecular weight excluding hydrogens is 252 g/mol. The number of methoxy groups -OCH3 is 1. The number of rotatable bonds is 5. The number of hydrogen-bond donors (Lipinski definition) is 0. The Labute approximate surface area is 113 Å². The Bertz CT molecular complexity index is 336. The van der Waals surface area contributed by atoms with E-state index < -0.39 is 36.0 Å². The second kappa shape index (κ2) is 6.34. The Morgan fingerprint density at radius 2 is 1.63 bits per heavy atom. The normalized spacial score (nSPS) is 29.0. The van der Waals surface area contributed by atoms with E-state index >= 15 is 0 Å². The molecular formula is C13H22O6. The number of ether oxygens (including phenoxy) is 4. The van der Waals surface area contributed by atoms with Gasteiger partial charge in [0.05, 0.1) is 0 Å². The molecule has 0 bridgehead atoms. The fourth-order valence-electron chi connectivity index (χ4n) is 2.54. The van der Waals surface area contributed by atoms with Crippen molar-refractivity contribution in [1.29, 1.82) is 0 Å². The third kappa shape index (κ3) is 3.25. The zero-order valence-electron chi connectivity index (χ0n) is 12.1. The Balaban J connectivity index is 3.03. The first-order valence-electron chi connectivity index (χ1n) is 6.45. The second-order valence-electron chi connectivity index (χ2n) is 4.60. The Kier molecular flexibility index (Phi) is 5.31. The molecule has 1 fully saturated rings. The van der Waals surface area contributed by atoms with E-state index in [0.29, 0.717) is 12.8 Å². The number of hydrogen-bond acceptors (Lipinski definition) is 6. The average molecular weight is 274 g/mol. The summed E-state index contributed by atoms with van der Waals surface area (Å²) >= 11 is 0. The third-order valence-corrected chi connectivity index (χ3v) is 3.47. The lowest BCUT2D eigenvalue weighted by atomic mass is 9.89. The largest absolute Gasteiger partial charge is 0.453 e. The molecule has 1 unspecified atom stereocenters. The van der Waals surface area contributed by atoms with E-state index in [-0.39, 0.29) is 0 Å². The van der Waals surface area contributed by atoms with Crippen LogP contribution >= 0.6 is 0 Å². The van der Waals surface area contributed by atoms with Crippen molar-refractivity contribution in [1.82, 2.24) is 0 Å². The lowest BCUT2D eigenvalue weighted by Gasteiger charge is -2.31. The minimum atomic E-state index is -0.925. The predicted octanol–water partition coefficient (Wildman–Crippen LogP) is 1.41. The van der Waals surface area contributed by atoms with Crippen molar-refractivity contribution in [3.63, 3.8) is 0 Å². The van der Waals surface area contributed by atoms with Gasteiger partial charge in [-0.05, 0) is 12.8 Å². The summed E-state index contributed by atoms with van der Waals surface area (Å²) in [6.07, 6.45) is -0.803. The Morgan fingerprint density at radius 3 is 2.00 bits per heavy atom. The van der Waals surface area contributed by atoms with Crippen molar-refractivity contribution in [2.75, 3.05) is 7.11 Å². The van der Waals surface area contributed by atoms with Crippen LogP contribution in [0.1, 0.15) is 40.5 Å². The highest BCUT2D eigenvalue weighted by molar-refractivity contribution is 5.67. The van der Waals surface area contributed by atoms with Crippen LogP contribution in [0.4, 0.5) is 0 Å². The smallest absolute Gasteiger partial charge is 0.305 e. The van der Waals surface area contributed by atoms with E-state index in [4.69, 9.17) is 18.9 Å². The summed E-state index contributed by atoms with van der Waals surface area (Å²) in [5, 5.41) is 0. The quantitative estimate of drug-likeness (QED) is 0.706. The summed E-state index contributed by atoms with van der Waals surface area (Å²) in [4.78, 5) is 22.3. The molecule has 0 aromatic heterocycles. The van der Waals surface area contributed by atoms with Gasteiger partial charge in [0.1, 0.15) is 11.7 Å². The molecule has 3 atom stereocenters. The van der Waals surface area contributed by atoms with Gasteiger partial charge in [0.25, 0.3) is 0 Å². The molecule has 0 spiro atoms. The van der Waals surface area contributed by atoms with Crippen LogP contribution in [0.3, 0.4) is 0 Å². The molecule has 110 valence electrons. The second-order valence-corrected chi connectivity index (χ2v) is 4.60. The van der Waals surface area contributed by atoms with Crippen LogP contribution in [0, 0.1) is 0 Å². The van der Waals surface area contributed by atoms with Crippen LogP contribution < -0.4 is 0 Å². The molecule has 0 aromatic carbocycles. The van der Waals surface area contributed by atoms with Gasteiger partial charge < -0.3 is 18.9 Å². The van der Waals surface area contributed by atoms with Gasteiger partial charge in [-0.1, -0.05) is 13.8 Å². The van der Waals surface area contributed by atoms with E-state index in [1.807, 2.05) is 13.8 Å². The first-order chi connectivity index (χ1) is 8.90. The molecule has 1 saturated heterocycles. The average Bonchev–Trinajstić information content (AvgIpc) is 2.62. The lowest BCUT2D eigenvalue weighted by Crippen LogP contribution is -2.45. The number of carbonyl (C=O) groups excluding carboxylic acids is 2. The Morgan fingerprint density at radius 1 is 1.11 bits per heavy atom. The zero-order valence-corrected chi connectivity index (χ0v) is 12.1. The topological polar surface area (TPSA) is 71.1 Å². The molecule has 0 aromatic rings. The van der Waals surface area contributed by atoms with Crippen LogP contribution in [0.5, 0.6) is 0 Å². The summed E-state index contributed by atoms with van der Waals surface area (Å²) < 4.78 is 21.6. The molecule has 0 aliphatic carbocycles. The van der Waals surface area contributed by atoms with Gasteiger partial charge in [0.15, 0.2) is 6.10 Å². The highest BCUT2D eigenvalue weighted by Gasteiger charge is 2.57. The van der Waals surface area contributed by atoms with Gasteiger partial charge in [-0.3, -0.25) is 9.59 Å². The molecule has 1 rings (SSSR count). The van der Waals surface area contributed by atoms with Crippen molar-refractivity contribution >= 4 is 11.9 Å². The maximum absolute atomic E-state index is 11.2. The van der Waals surface area contributed by atoms with E-state index in [0.717, 1.165) is 0 Å². The van der Waals surface area contributed by atoms with Crippen LogP contribution in [-0.2, 0) is 28.5 Å². The lowest BCUT2D eigenvalue weighted by molar-refractivity contribution is -0.205. The maximum atomic E-state index is 11.2.